The fourth-order valence-corrected chi connectivity index (χ4v) is 2.12. The van der Waals surface area contributed by atoms with E-state index in [4.69, 9.17) is 18.0 Å². The molecule has 1 atom stereocenters. The zero-order chi connectivity index (χ0) is 15.8. The average Bonchev–Trinajstić information content (AvgIpc) is 2.46. The Hall–Kier alpha value is -1.50. The molecule has 0 fully saturated rings. The van der Waals surface area contributed by atoms with Crippen molar-refractivity contribution >= 4 is 23.1 Å². The number of aliphatic hydroxyl groups is 1. The van der Waals surface area contributed by atoms with Gasteiger partial charge in [0.15, 0.2) is 0 Å². The van der Waals surface area contributed by atoms with Crippen LogP contribution in [0.15, 0.2) is 24.3 Å². The van der Waals surface area contributed by atoms with Crippen LogP contribution in [-0.4, -0.2) is 47.1 Å². The largest absolute Gasteiger partial charge is 0.389 e. The van der Waals surface area contributed by atoms with Gasteiger partial charge in [-0.15, -0.1) is 0 Å². The second-order valence-electron chi connectivity index (χ2n) is 4.78. The van der Waals surface area contributed by atoms with Crippen molar-refractivity contribution in [2.75, 3.05) is 26.2 Å². The van der Waals surface area contributed by atoms with Crippen molar-refractivity contribution in [1.29, 1.82) is 0 Å². The van der Waals surface area contributed by atoms with Crippen LogP contribution >= 0.6 is 12.2 Å². The highest BCUT2D eigenvalue weighted by Crippen LogP contribution is 2.15. The summed E-state index contributed by atoms with van der Waals surface area (Å²) in [6.07, 6.45) is -0.653. The minimum atomic E-state index is -0.653. The van der Waals surface area contributed by atoms with E-state index < -0.39 is 6.10 Å². The summed E-state index contributed by atoms with van der Waals surface area (Å²) >= 11 is 4.89. The smallest absolute Gasteiger partial charge is 0.234 e. The summed E-state index contributed by atoms with van der Waals surface area (Å²) in [5, 5.41) is 13.0. The van der Waals surface area contributed by atoms with Crippen LogP contribution in [-0.2, 0) is 4.79 Å². The van der Waals surface area contributed by atoms with E-state index in [0.717, 1.165) is 11.1 Å². The molecule has 0 saturated heterocycles. The number of amides is 1. The Bertz CT molecular complexity index is 476. The molecule has 1 aromatic rings. The molecule has 1 aromatic carbocycles. The van der Waals surface area contributed by atoms with E-state index in [0.29, 0.717) is 24.6 Å². The van der Waals surface area contributed by atoms with Crippen LogP contribution in [0, 0.1) is 0 Å². The predicted octanol–water partition coefficient (Wildman–Crippen LogP) is 0.812. The van der Waals surface area contributed by atoms with Gasteiger partial charge < -0.3 is 16.2 Å². The first-order chi connectivity index (χ1) is 9.97. The average molecular weight is 309 g/mol. The molecule has 0 aliphatic heterocycles. The van der Waals surface area contributed by atoms with Gasteiger partial charge in [0.2, 0.25) is 5.91 Å². The molecule has 1 unspecified atom stereocenters. The molecule has 5 nitrogen and oxygen atoms in total. The van der Waals surface area contributed by atoms with E-state index in [2.05, 4.69) is 5.32 Å². The Morgan fingerprint density at radius 1 is 1.38 bits per heavy atom. The number of rotatable bonds is 8. The highest BCUT2D eigenvalue weighted by atomic mass is 32.1. The maximum absolute atomic E-state index is 11.6. The van der Waals surface area contributed by atoms with Gasteiger partial charge >= 0.3 is 0 Å². The third kappa shape index (κ3) is 5.79. The van der Waals surface area contributed by atoms with Crippen molar-refractivity contribution in [3.63, 3.8) is 0 Å². The standard InChI is InChI=1S/C15H23N3O2S/c1-3-17-14(20)10-18(4-2)9-13(19)11-5-7-12(8-6-11)15(16)21/h5-8,13,19H,3-4,9-10H2,1-2H3,(H2,16,21)(H,17,20). The first-order valence-corrected chi connectivity index (χ1v) is 7.45. The second kappa shape index (κ2) is 8.71. The zero-order valence-corrected chi connectivity index (χ0v) is 13.3. The third-order valence-corrected chi connectivity index (χ3v) is 3.44. The lowest BCUT2D eigenvalue weighted by molar-refractivity contribution is -0.122. The molecule has 4 N–H and O–H groups in total. The fourth-order valence-electron chi connectivity index (χ4n) is 1.98. The van der Waals surface area contributed by atoms with Gasteiger partial charge in [0.1, 0.15) is 4.99 Å². The lowest BCUT2D eigenvalue weighted by atomic mass is 10.1. The second-order valence-corrected chi connectivity index (χ2v) is 5.22. The summed E-state index contributed by atoms with van der Waals surface area (Å²) in [6.45, 7) is 5.83. The number of hydrogen-bond acceptors (Lipinski definition) is 4. The lowest BCUT2D eigenvalue weighted by Crippen LogP contribution is -2.39. The molecule has 21 heavy (non-hydrogen) atoms. The molecule has 0 spiro atoms. The number of hydrogen-bond donors (Lipinski definition) is 3. The van der Waals surface area contributed by atoms with Crippen molar-refractivity contribution in [2.45, 2.75) is 20.0 Å². The summed E-state index contributed by atoms with van der Waals surface area (Å²) in [6, 6.07) is 7.19. The molecule has 0 radical (unpaired) electrons. The van der Waals surface area contributed by atoms with Crippen LogP contribution < -0.4 is 11.1 Å². The highest BCUT2D eigenvalue weighted by molar-refractivity contribution is 7.80. The number of nitrogens with zero attached hydrogens (tertiary/aromatic N) is 1. The van der Waals surface area contributed by atoms with Gasteiger partial charge in [-0.3, -0.25) is 9.69 Å². The number of nitrogens with two attached hydrogens (primary N) is 1. The summed E-state index contributed by atoms with van der Waals surface area (Å²) in [5.41, 5.74) is 7.10. The van der Waals surface area contributed by atoms with Crippen molar-refractivity contribution in [3.05, 3.63) is 35.4 Å². The van der Waals surface area contributed by atoms with Gasteiger partial charge in [0, 0.05) is 18.7 Å². The maximum Gasteiger partial charge on any atom is 0.234 e. The monoisotopic (exact) mass is 309 g/mol. The van der Waals surface area contributed by atoms with Crippen LogP contribution in [0.3, 0.4) is 0 Å². The summed E-state index contributed by atoms with van der Waals surface area (Å²) in [4.78, 5) is 13.8. The quantitative estimate of drug-likeness (QED) is 0.620. The molecular formula is C15H23N3O2S. The Labute approximate surface area is 131 Å². The molecule has 116 valence electrons. The topological polar surface area (TPSA) is 78.6 Å². The van der Waals surface area contributed by atoms with E-state index in [1.54, 1.807) is 24.3 Å². The van der Waals surface area contributed by atoms with Gasteiger partial charge in [0.25, 0.3) is 0 Å². The van der Waals surface area contributed by atoms with Gasteiger partial charge in [-0.05, 0) is 19.0 Å². The SMILES string of the molecule is CCNC(=O)CN(CC)CC(O)c1ccc(C(N)=S)cc1. The van der Waals surface area contributed by atoms with Crippen molar-refractivity contribution in [3.8, 4) is 0 Å². The Kier molecular flexibility index (Phi) is 7.28. The summed E-state index contributed by atoms with van der Waals surface area (Å²) < 4.78 is 0. The van der Waals surface area contributed by atoms with E-state index >= 15 is 0 Å². The molecule has 1 amide bonds. The predicted molar refractivity (Wildman–Crippen MR) is 88.1 cm³/mol. The van der Waals surface area contributed by atoms with Gasteiger partial charge in [0.05, 0.1) is 12.6 Å². The van der Waals surface area contributed by atoms with E-state index in [1.807, 2.05) is 18.7 Å². The lowest BCUT2D eigenvalue weighted by Gasteiger charge is -2.23. The molecule has 0 aliphatic carbocycles. The maximum atomic E-state index is 11.6. The van der Waals surface area contributed by atoms with Gasteiger partial charge in [-0.1, -0.05) is 43.4 Å². The van der Waals surface area contributed by atoms with Crippen molar-refractivity contribution in [2.24, 2.45) is 5.73 Å². The number of nitrogens with one attached hydrogen (secondary N) is 1. The zero-order valence-electron chi connectivity index (χ0n) is 12.5. The number of carbonyl (C=O) groups excluding carboxylic acids is 1. The van der Waals surface area contributed by atoms with Crippen LogP contribution in [0.1, 0.15) is 31.1 Å². The summed E-state index contributed by atoms with van der Waals surface area (Å²) in [7, 11) is 0. The number of benzene rings is 1. The molecular weight excluding hydrogens is 286 g/mol. The molecule has 0 heterocycles. The molecule has 0 aliphatic rings. The van der Waals surface area contributed by atoms with Crippen molar-refractivity contribution < 1.29 is 9.90 Å². The van der Waals surface area contributed by atoms with Crippen LogP contribution in [0.2, 0.25) is 0 Å². The number of likely N-dealkylation sites (N-methyl/N-ethyl adjacent to an activating group) is 2. The fraction of sp³-hybridized carbons (Fsp3) is 0.467. The highest BCUT2D eigenvalue weighted by Gasteiger charge is 2.15. The molecule has 0 aromatic heterocycles. The van der Waals surface area contributed by atoms with E-state index in [1.165, 1.54) is 0 Å². The number of aliphatic hydroxyl groups excluding tert-OH is 1. The summed E-state index contributed by atoms with van der Waals surface area (Å²) in [5.74, 6) is -0.0321. The Morgan fingerprint density at radius 3 is 2.48 bits per heavy atom. The third-order valence-electron chi connectivity index (χ3n) is 3.20. The van der Waals surface area contributed by atoms with Gasteiger partial charge in [-0.2, -0.15) is 0 Å². The van der Waals surface area contributed by atoms with Crippen molar-refractivity contribution in [1.82, 2.24) is 10.2 Å². The molecule has 1 rings (SSSR count). The van der Waals surface area contributed by atoms with Crippen LogP contribution in [0.5, 0.6) is 0 Å². The Morgan fingerprint density at radius 2 is 2.00 bits per heavy atom. The number of carbonyl (C=O) groups is 1. The minimum Gasteiger partial charge on any atom is -0.389 e. The van der Waals surface area contributed by atoms with Gasteiger partial charge in [-0.25, -0.2) is 0 Å². The first-order valence-electron chi connectivity index (χ1n) is 7.04. The van der Waals surface area contributed by atoms with E-state index in [9.17, 15) is 9.90 Å². The first kappa shape index (κ1) is 17.6. The Balaban J connectivity index is 2.62. The minimum absolute atomic E-state index is 0.0321. The molecule has 0 bridgehead atoms. The van der Waals surface area contributed by atoms with Crippen LogP contribution in [0.4, 0.5) is 0 Å². The molecule has 0 saturated carbocycles. The number of thiocarbonyl (C=S) groups is 1. The normalized spacial score (nSPS) is 12.2. The van der Waals surface area contributed by atoms with E-state index in [-0.39, 0.29) is 12.5 Å². The van der Waals surface area contributed by atoms with Crippen LogP contribution in [0.25, 0.3) is 0 Å². The molecule has 6 heteroatoms.